The fourth-order valence-corrected chi connectivity index (χ4v) is 1.87. The van der Waals surface area contributed by atoms with Gasteiger partial charge in [-0.05, 0) is 31.5 Å². The summed E-state index contributed by atoms with van der Waals surface area (Å²) in [7, 11) is 0. The molecule has 1 aromatic carbocycles. The molecule has 1 unspecified atom stereocenters. The molecule has 1 aliphatic heterocycles. The molecule has 1 atom stereocenters. The fraction of sp³-hybridized carbons (Fsp3) is 0.500. The number of hydrogen-bond donors (Lipinski definition) is 2. The van der Waals surface area contributed by atoms with E-state index in [1.165, 1.54) is 19.3 Å². The van der Waals surface area contributed by atoms with Crippen molar-refractivity contribution in [1.29, 1.82) is 0 Å². The number of rotatable bonds is 3. The van der Waals surface area contributed by atoms with Gasteiger partial charge < -0.3 is 15.8 Å². The van der Waals surface area contributed by atoms with E-state index in [1.54, 1.807) is 0 Å². The van der Waals surface area contributed by atoms with Crippen molar-refractivity contribution in [3.63, 3.8) is 0 Å². The van der Waals surface area contributed by atoms with Crippen molar-refractivity contribution in [3.05, 3.63) is 24.3 Å². The lowest BCUT2D eigenvalue weighted by atomic mass is 10.1. The van der Waals surface area contributed by atoms with Gasteiger partial charge in [0.05, 0.1) is 5.69 Å². The smallest absolute Gasteiger partial charge is 0.142 e. The quantitative estimate of drug-likeness (QED) is 0.741. The van der Waals surface area contributed by atoms with Gasteiger partial charge in [-0.3, -0.25) is 0 Å². The number of nitrogens with two attached hydrogens (primary N) is 1. The minimum atomic E-state index is 0.485. The molecule has 1 aliphatic rings. The van der Waals surface area contributed by atoms with Crippen LogP contribution < -0.4 is 15.8 Å². The van der Waals surface area contributed by atoms with E-state index >= 15 is 0 Å². The highest BCUT2D eigenvalue weighted by atomic mass is 16.5. The molecule has 0 aromatic heterocycles. The maximum absolute atomic E-state index is 5.79. The second-order valence-electron chi connectivity index (χ2n) is 4.00. The van der Waals surface area contributed by atoms with Gasteiger partial charge in [0.25, 0.3) is 0 Å². The summed E-state index contributed by atoms with van der Waals surface area (Å²) < 4.78 is 5.69. The Bertz CT molecular complexity index is 308. The summed E-state index contributed by atoms with van der Waals surface area (Å²) in [5, 5.41) is 3.44. The maximum Gasteiger partial charge on any atom is 0.142 e. The molecule has 1 saturated heterocycles. The zero-order chi connectivity index (χ0) is 10.5. The van der Waals surface area contributed by atoms with E-state index in [0.717, 1.165) is 12.3 Å². The normalized spacial score (nSPS) is 21.2. The molecule has 0 bridgehead atoms. The summed E-state index contributed by atoms with van der Waals surface area (Å²) in [6.45, 7) is 1.83. The summed E-state index contributed by atoms with van der Waals surface area (Å²) in [6, 6.07) is 8.13. The molecule has 0 aliphatic carbocycles. The van der Waals surface area contributed by atoms with Crippen molar-refractivity contribution in [2.24, 2.45) is 0 Å². The monoisotopic (exact) mass is 206 g/mol. The second-order valence-corrected chi connectivity index (χ2v) is 4.00. The van der Waals surface area contributed by atoms with Crippen molar-refractivity contribution < 1.29 is 4.74 Å². The molecule has 1 fully saturated rings. The summed E-state index contributed by atoms with van der Waals surface area (Å²) >= 11 is 0. The van der Waals surface area contributed by atoms with Crippen LogP contribution in [0.25, 0.3) is 0 Å². The van der Waals surface area contributed by atoms with Crippen LogP contribution in [0.4, 0.5) is 5.69 Å². The number of anilines is 1. The topological polar surface area (TPSA) is 47.3 Å². The first-order valence-corrected chi connectivity index (χ1v) is 5.57. The highest BCUT2D eigenvalue weighted by Crippen LogP contribution is 2.20. The first-order valence-electron chi connectivity index (χ1n) is 5.57. The minimum absolute atomic E-state index is 0.485. The van der Waals surface area contributed by atoms with Crippen LogP contribution in [0, 0.1) is 0 Å². The van der Waals surface area contributed by atoms with Gasteiger partial charge in [-0.2, -0.15) is 0 Å². The molecule has 0 saturated carbocycles. The molecule has 82 valence electrons. The predicted octanol–water partition coefficient (Wildman–Crippen LogP) is 1.79. The van der Waals surface area contributed by atoms with Crippen molar-refractivity contribution in [3.8, 4) is 5.75 Å². The first-order chi connectivity index (χ1) is 7.36. The molecule has 0 amide bonds. The van der Waals surface area contributed by atoms with E-state index in [9.17, 15) is 0 Å². The van der Waals surface area contributed by atoms with Gasteiger partial charge in [0.1, 0.15) is 12.4 Å². The lowest BCUT2D eigenvalue weighted by Crippen LogP contribution is -2.38. The van der Waals surface area contributed by atoms with Crippen LogP contribution in [0.5, 0.6) is 5.75 Å². The Morgan fingerprint density at radius 3 is 2.93 bits per heavy atom. The van der Waals surface area contributed by atoms with E-state index in [2.05, 4.69) is 5.32 Å². The second kappa shape index (κ2) is 5.03. The summed E-state index contributed by atoms with van der Waals surface area (Å²) in [5.74, 6) is 0.796. The highest BCUT2D eigenvalue weighted by molar-refractivity contribution is 5.51. The lowest BCUT2D eigenvalue weighted by molar-refractivity contribution is 0.240. The number of ether oxygens (including phenoxy) is 1. The molecule has 2 rings (SSSR count). The molecular formula is C12H18N2O. The number of nitrogens with one attached hydrogen (secondary N) is 1. The largest absolute Gasteiger partial charge is 0.490 e. The van der Waals surface area contributed by atoms with Crippen molar-refractivity contribution in [2.45, 2.75) is 25.3 Å². The van der Waals surface area contributed by atoms with Crippen LogP contribution in [0.2, 0.25) is 0 Å². The maximum atomic E-state index is 5.79. The number of nitrogen functional groups attached to an aromatic ring is 1. The van der Waals surface area contributed by atoms with E-state index in [4.69, 9.17) is 10.5 Å². The number of piperidine rings is 1. The standard InChI is InChI=1S/C12H18N2O/c13-11-6-1-2-7-12(11)15-9-10-5-3-4-8-14-10/h1-2,6-7,10,14H,3-5,8-9,13H2. The van der Waals surface area contributed by atoms with Crippen LogP contribution in [-0.2, 0) is 0 Å². The van der Waals surface area contributed by atoms with Gasteiger partial charge >= 0.3 is 0 Å². The van der Waals surface area contributed by atoms with Crippen LogP contribution in [0.15, 0.2) is 24.3 Å². The molecule has 0 radical (unpaired) electrons. The molecule has 3 N–H and O–H groups in total. The van der Waals surface area contributed by atoms with Crippen molar-refractivity contribution >= 4 is 5.69 Å². The Balaban J connectivity index is 1.84. The van der Waals surface area contributed by atoms with E-state index in [-0.39, 0.29) is 0 Å². The molecule has 3 nitrogen and oxygen atoms in total. The zero-order valence-electron chi connectivity index (χ0n) is 8.91. The molecule has 1 aromatic rings. The predicted molar refractivity (Wildman–Crippen MR) is 62.0 cm³/mol. The SMILES string of the molecule is Nc1ccccc1OCC1CCCCN1. The first kappa shape index (κ1) is 10.3. The van der Waals surface area contributed by atoms with E-state index in [0.29, 0.717) is 18.3 Å². The number of benzene rings is 1. The fourth-order valence-electron chi connectivity index (χ4n) is 1.87. The third-order valence-electron chi connectivity index (χ3n) is 2.77. The molecule has 1 heterocycles. The molecular weight excluding hydrogens is 188 g/mol. The molecule has 3 heteroatoms. The van der Waals surface area contributed by atoms with Gasteiger partial charge in [-0.25, -0.2) is 0 Å². The van der Waals surface area contributed by atoms with Crippen LogP contribution in [0.1, 0.15) is 19.3 Å². The van der Waals surface area contributed by atoms with Gasteiger partial charge in [0, 0.05) is 6.04 Å². The summed E-state index contributed by atoms with van der Waals surface area (Å²) in [5.41, 5.74) is 6.51. The summed E-state index contributed by atoms with van der Waals surface area (Å²) in [4.78, 5) is 0. The highest BCUT2D eigenvalue weighted by Gasteiger charge is 2.13. The Morgan fingerprint density at radius 1 is 1.33 bits per heavy atom. The summed E-state index contributed by atoms with van der Waals surface area (Å²) in [6.07, 6.45) is 3.78. The zero-order valence-corrected chi connectivity index (χ0v) is 8.91. The third-order valence-corrected chi connectivity index (χ3v) is 2.77. The number of hydrogen-bond acceptors (Lipinski definition) is 3. The Morgan fingerprint density at radius 2 is 2.20 bits per heavy atom. The van der Waals surface area contributed by atoms with E-state index < -0.39 is 0 Å². The van der Waals surface area contributed by atoms with Gasteiger partial charge in [-0.1, -0.05) is 18.6 Å². The minimum Gasteiger partial charge on any atom is -0.490 e. The third kappa shape index (κ3) is 2.86. The average molecular weight is 206 g/mol. The molecule has 0 spiro atoms. The van der Waals surface area contributed by atoms with Gasteiger partial charge in [0.2, 0.25) is 0 Å². The van der Waals surface area contributed by atoms with Gasteiger partial charge in [0.15, 0.2) is 0 Å². The van der Waals surface area contributed by atoms with E-state index in [1.807, 2.05) is 24.3 Å². The van der Waals surface area contributed by atoms with Crippen LogP contribution in [0.3, 0.4) is 0 Å². The van der Waals surface area contributed by atoms with Crippen molar-refractivity contribution in [1.82, 2.24) is 5.32 Å². The Labute approximate surface area is 90.6 Å². The Kier molecular flexibility index (Phi) is 3.45. The van der Waals surface area contributed by atoms with Gasteiger partial charge in [-0.15, -0.1) is 0 Å². The van der Waals surface area contributed by atoms with Crippen LogP contribution in [-0.4, -0.2) is 19.2 Å². The average Bonchev–Trinajstić information content (AvgIpc) is 2.29. The van der Waals surface area contributed by atoms with Crippen molar-refractivity contribution in [2.75, 3.05) is 18.9 Å². The Hall–Kier alpha value is -1.22. The lowest BCUT2D eigenvalue weighted by Gasteiger charge is -2.23. The van der Waals surface area contributed by atoms with Crippen LogP contribution >= 0.6 is 0 Å². The number of para-hydroxylation sites is 2. The molecule has 15 heavy (non-hydrogen) atoms.